The third-order valence-electron chi connectivity index (χ3n) is 2.65. The molecule has 0 aromatic rings. The second-order valence-corrected chi connectivity index (χ2v) is 6.02. The Morgan fingerprint density at radius 1 is 1.60 bits per heavy atom. The summed E-state index contributed by atoms with van der Waals surface area (Å²) in [6, 6.07) is 0.224. The molecule has 88 valence electrons. The molecule has 0 amide bonds. The molecule has 0 radical (unpaired) electrons. The smallest absolute Gasteiger partial charge is 0.322 e. The molecule has 0 saturated carbocycles. The van der Waals surface area contributed by atoms with E-state index in [-0.39, 0.29) is 12.0 Å². The van der Waals surface area contributed by atoms with Crippen LogP contribution in [0.4, 0.5) is 0 Å². The second-order valence-electron chi connectivity index (χ2n) is 4.99. The van der Waals surface area contributed by atoms with Gasteiger partial charge in [-0.3, -0.25) is 4.79 Å². The lowest BCUT2D eigenvalue weighted by Gasteiger charge is -2.36. The van der Waals surface area contributed by atoms with Crippen LogP contribution < -0.4 is 5.32 Å². The van der Waals surface area contributed by atoms with Crippen LogP contribution in [0.1, 0.15) is 27.2 Å². The average molecular weight is 231 g/mol. The molecule has 0 bridgehead atoms. The van der Waals surface area contributed by atoms with Gasteiger partial charge in [-0.05, 0) is 24.5 Å². The van der Waals surface area contributed by atoms with E-state index >= 15 is 0 Å². The maximum atomic E-state index is 11.3. The van der Waals surface area contributed by atoms with Crippen molar-refractivity contribution in [2.24, 2.45) is 5.41 Å². The van der Waals surface area contributed by atoms with Crippen LogP contribution in [0.2, 0.25) is 0 Å². The highest BCUT2D eigenvalue weighted by Gasteiger charge is 2.30. The average Bonchev–Trinajstić information content (AvgIpc) is 2.14. The maximum Gasteiger partial charge on any atom is 0.322 e. The van der Waals surface area contributed by atoms with Crippen LogP contribution in [-0.4, -0.2) is 36.7 Å². The summed E-state index contributed by atoms with van der Waals surface area (Å²) in [6.07, 6.45) is 1.13. The molecule has 4 heteroatoms. The minimum atomic E-state index is -0.200. The van der Waals surface area contributed by atoms with E-state index in [0.29, 0.717) is 11.5 Å². The largest absolute Gasteiger partial charge is 0.468 e. The Kier molecular flexibility index (Phi) is 4.46. The van der Waals surface area contributed by atoms with Gasteiger partial charge in [-0.15, -0.1) is 0 Å². The van der Waals surface area contributed by atoms with Crippen LogP contribution in [0.25, 0.3) is 0 Å². The molecule has 1 heterocycles. The topological polar surface area (TPSA) is 38.3 Å². The van der Waals surface area contributed by atoms with Gasteiger partial charge >= 0.3 is 5.97 Å². The zero-order chi connectivity index (χ0) is 11.5. The minimum absolute atomic E-state index is 0.177. The number of nitrogens with one attached hydrogen (secondary N) is 1. The van der Waals surface area contributed by atoms with E-state index in [0.717, 1.165) is 12.2 Å². The van der Waals surface area contributed by atoms with Crippen molar-refractivity contribution in [1.82, 2.24) is 5.32 Å². The third kappa shape index (κ3) is 4.03. The van der Waals surface area contributed by atoms with E-state index in [1.807, 2.05) is 18.7 Å². The standard InChI is InChI=1S/C11H21NO2S/c1-8(10(13)14-4)12-9-5-11(2,3)7-15-6-9/h8-9,12H,5-7H2,1-4H3/t8-,9?/m0/s1. The van der Waals surface area contributed by atoms with E-state index in [1.165, 1.54) is 12.9 Å². The van der Waals surface area contributed by atoms with Crippen molar-refractivity contribution < 1.29 is 9.53 Å². The molecular weight excluding hydrogens is 210 g/mol. The van der Waals surface area contributed by atoms with Crippen molar-refractivity contribution in [3.63, 3.8) is 0 Å². The number of carbonyl (C=O) groups excluding carboxylic acids is 1. The first-order valence-corrected chi connectivity index (χ1v) is 6.52. The molecular formula is C11H21NO2S. The quantitative estimate of drug-likeness (QED) is 0.750. The Morgan fingerprint density at radius 2 is 2.27 bits per heavy atom. The molecule has 0 aliphatic carbocycles. The summed E-state index contributed by atoms with van der Waals surface area (Å²) < 4.78 is 4.70. The monoisotopic (exact) mass is 231 g/mol. The first kappa shape index (κ1) is 12.8. The first-order valence-electron chi connectivity index (χ1n) is 5.36. The van der Waals surface area contributed by atoms with Gasteiger partial charge in [0.05, 0.1) is 7.11 Å². The van der Waals surface area contributed by atoms with Crippen LogP contribution in [-0.2, 0) is 9.53 Å². The molecule has 1 aliphatic heterocycles. The number of thioether (sulfide) groups is 1. The molecule has 1 fully saturated rings. The van der Waals surface area contributed by atoms with Crippen molar-refractivity contribution in [2.45, 2.75) is 39.3 Å². The Balaban J connectivity index is 2.41. The number of rotatable bonds is 3. The van der Waals surface area contributed by atoms with Gasteiger partial charge in [0.2, 0.25) is 0 Å². The normalized spacial score (nSPS) is 27.1. The zero-order valence-electron chi connectivity index (χ0n) is 10.0. The van der Waals surface area contributed by atoms with Gasteiger partial charge in [0.15, 0.2) is 0 Å². The van der Waals surface area contributed by atoms with Crippen LogP contribution >= 0.6 is 11.8 Å². The second kappa shape index (κ2) is 5.21. The lowest BCUT2D eigenvalue weighted by molar-refractivity contribution is -0.142. The van der Waals surface area contributed by atoms with Crippen LogP contribution in [0, 0.1) is 5.41 Å². The van der Waals surface area contributed by atoms with Gasteiger partial charge in [0.1, 0.15) is 6.04 Å². The van der Waals surface area contributed by atoms with Crippen molar-refractivity contribution in [3.05, 3.63) is 0 Å². The first-order chi connectivity index (χ1) is 6.94. The lowest BCUT2D eigenvalue weighted by Crippen LogP contribution is -2.47. The molecule has 0 aromatic heterocycles. The number of esters is 1. The molecule has 1 unspecified atom stereocenters. The summed E-state index contributed by atoms with van der Waals surface area (Å²) in [6.45, 7) is 6.41. The summed E-state index contributed by atoms with van der Waals surface area (Å²) in [5.74, 6) is 2.12. The summed E-state index contributed by atoms with van der Waals surface area (Å²) in [7, 11) is 1.43. The molecule has 1 saturated heterocycles. The van der Waals surface area contributed by atoms with Crippen LogP contribution in [0.5, 0.6) is 0 Å². The molecule has 15 heavy (non-hydrogen) atoms. The Labute approximate surface area is 96.3 Å². The van der Waals surface area contributed by atoms with E-state index in [9.17, 15) is 4.79 Å². The van der Waals surface area contributed by atoms with E-state index < -0.39 is 0 Å². The van der Waals surface area contributed by atoms with E-state index in [1.54, 1.807) is 0 Å². The highest BCUT2D eigenvalue weighted by Crippen LogP contribution is 2.33. The number of hydrogen-bond acceptors (Lipinski definition) is 4. The molecule has 3 nitrogen and oxygen atoms in total. The number of methoxy groups -OCH3 is 1. The fourth-order valence-corrected chi connectivity index (χ4v) is 3.25. The highest BCUT2D eigenvalue weighted by molar-refractivity contribution is 7.99. The molecule has 0 spiro atoms. The van der Waals surface area contributed by atoms with Gasteiger partial charge in [0, 0.05) is 11.8 Å². The van der Waals surface area contributed by atoms with Gasteiger partial charge in [-0.2, -0.15) is 11.8 Å². The Hall–Kier alpha value is -0.220. The molecule has 2 atom stereocenters. The fraction of sp³-hybridized carbons (Fsp3) is 0.909. The van der Waals surface area contributed by atoms with Crippen molar-refractivity contribution in [1.29, 1.82) is 0 Å². The van der Waals surface area contributed by atoms with Gasteiger partial charge in [-0.1, -0.05) is 13.8 Å². The van der Waals surface area contributed by atoms with E-state index in [4.69, 9.17) is 4.74 Å². The van der Waals surface area contributed by atoms with Gasteiger partial charge in [0.25, 0.3) is 0 Å². The zero-order valence-corrected chi connectivity index (χ0v) is 10.8. The lowest BCUT2D eigenvalue weighted by atomic mass is 9.87. The molecule has 1 aliphatic rings. The van der Waals surface area contributed by atoms with Gasteiger partial charge < -0.3 is 10.1 Å². The molecule has 1 rings (SSSR count). The summed E-state index contributed by atoms with van der Waals surface area (Å²) in [4.78, 5) is 11.3. The number of hydrogen-bond donors (Lipinski definition) is 1. The van der Waals surface area contributed by atoms with E-state index in [2.05, 4.69) is 19.2 Å². The Bertz CT molecular complexity index is 231. The summed E-state index contributed by atoms with van der Waals surface area (Å²) >= 11 is 1.96. The summed E-state index contributed by atoms with van der Waals surface area (Å²) in [5, 5.41) is 3.33. The summed E-state index contributed by atoms with van der Waals surface area (Å²) in [5.41, 5.74) is 0.371. The maximum absolute atomic E-state index is 11.3. The third-order valence-corrected chi connectivity index (χ3v) is 4.27. The van der Waals surface area contributed by atoms with Gasteiger partial charge in [-0.25, -0.2) is 0 Å². The van der Waals surface area contributed by atoms with Crippen LogP contribution in [0.15, 0.2) is 0 Å². The van der Waals surface area contributed by atoms with Crippen molar-refractivity contribution in [3.8, 4) is 0 Å². The van der Waals surface area contributed by atoms with Crippen molar-refractivity contribution >= 4 is 17.7 Å². The molecule has 0 aromatic carbocycles. The van der Waals surface area contributed by atoms with Crippen LogP contribution in [0.3, 0.4) is 0 Å². The highest BCUT2D eigenvalue weighted by atomic mass is 32.2. The molecule has 1 N–H and O–H groups in total. The predicted octanol–water partition coefficient (Wildman–Crippen LogP) is 1.67. The fourth-order valence-electron chi connectivity index (χ4n) is 1.97. The minimum Gasteiger partial charge on any atom is -0.468 e. The number of carbonyl (C=O) groups is 1. The predicted molar refractivity (Wildman–Crippen MR) is 64.1 cm³/mol. The number of ether oxygens (including phenoxy) is 1. The van der Waals surface area contributed by atoms with Crippen molar-refractivity contribution in [2.75, 3.05) is 18.6 Å². The Morgan fingerprint density at radius 3 is 2.80 bits per heavy atom. The SMILES string of the molecule is COC(=O)[C@H](C)NC1CSCC(C)(C)C1.